The van der Waals surface area contributed by atoms with E-state index in [2.05, 4.69) is 63.9 Å². The lowest BCUT2D eigenvalue weighted by molar-refractivity contribution is 0.400. The second-order valence-electron chi connectivity index (χ2n) is 5.93. The first-order chi connectivity index (χ1) is 11.7. The molecule has 5 heteroatoms. The summed E-state index contributed by atoms with van der Waals surface area (Å²) in [5, 5.41) is 6.72. The molecule has 128 valence electrons. The molecular weight excluding hydrogens is 298 g/mol. The second kappa shape index (κ2) is 9.67. The van der Waals surface area contributed by atoms with Gasteiger partial charge < -0.3 is 15.5 Å². The Morgan fingerprint density at radius 2 is 1.79 bits per heavy atom. The van der Waals surface area contributed by atoms with Crippen molar-refractivity contribution in [2.75, 3.05) is 27.7 Å². The SMILES string of the molecule is CN=C(NCCc1ccccn1)NCc1ccccc1CN(C)C. The van der Waals surface area contributed by atoms with E-state index < -0.39 is 0 Å². The standard InChI is InChI=1S/C19H27N5/c1-20-19(22-13-11-18-10-6-7-12-21-18)23-14-16-8-4-5-9-17(16)15-24(2)3/h4-10,12H,11,13-15H2,1-3H3,(H2,20,22,23). The summed E-state index contributed by atoms with van der Waals surface area (Å²) in [6.07, 6.45) is 2.70. The Balaban J connectivity index is 1.83. The van der Waals surface area contributed by atoms with Crippen LogP contribution in [0.25, 0.3) is 0 Å². The summed E-state index contributed by atoms with van der Waals surface area (Å²) in [6.45, 7) is 2.49. The van der Waals surface area contributed by atoms with Crippen molar-refractivity contribution in [1.82, 2.24) is 20.5 Å². The molecule has 5 nitrogen and oxygen atoms in total. The van der Waals surface area contributed by atoms with Crippen molar-refractivity contribution in [2.24, 2.45) is 4.99 Å². The van der Waals surface area contributed by atoms with Crippen LogP contribution in [0.5, 0.6) is 0 Å². The van der Waals surface area contributed by atoms with Crippen molar-refractivity contribution in [2.45, 2.75) is 19.5 Å². The van der Waals surface area contributed by atoms with Crippen LogP contribution in [0.1, 0.15) is 16.8 Å². The molecule has 1 heterocycles. The van der Waals surface area contributed by atoms with Crippen LogP contribution in [0.15, 0.2) is 53.7 Å². The molecule has 0 fully saturated rings. The molecule has 0 spiro atoms. The number of nitrogens with one attached hydrogen (secondary N) is 2. The van der Waals surface area contributed by atoms with Gasteiger partial charge in [0.2, 0.25) is 0 Å². The van der Waals surface area contributed by atoms with Gasteiger partial charge in [-0.25, -0.2) is 0 Å². The van der Waals surface area contributed by atoms with Crippen LogP contribution in [0, 0.1) is 0 Å². The number of hydrogen-bond acceptors (Lipinski definition) is 3. The molecule has 0 saturated carbocycles. The van der Waals surface area contributed by atoms with E-state index in [0.29, 0.717) is 0 Å². The fourth-order valence-electron chi connectivity index (χ4n) is 2.48. The monoisotopic (exact) mass is 325 g/mol. The lowest BCUT2D eigenvalue weighted by Crippen LogP contribution is -2.38. The Bertz CT molecular complexity index is 637. The summed E-state index contributed by atoms with van der Waals surface area (Å²) < 4.78 is 0. The van der Waals surface area contributed by atoms with Crippen LogP contribution in [-0.4, -0.2) is 43.5 Å². The molecule has 0 saturated heterocycles. The van der Waals surface area contributed by atoms with Gasteiger partial charge in [0.25, 0.3) is 0 Å². The molecule has 0 aliphatic rings. The van der Waals surface area contributed by atoms with Gasteiger partial charge in [0, 0.05) is 45.0 Å². The number of rotatable bonds is 7. The first-order valence-corrected chi connectivity index (χ1v) is 8.25. The fraction of sp³-hybridized carbons (Fsp3) is 0.368. The highest BCUT2D eigenvalue weighted by Gasteiger charge is 2.04. The predicted molar refractivity (Wildman–Crippen MR) is 100.0 cm³/mol. The molecule has 0 atom stereocenters. The van der Waals surface area contributed by atoms with Gasteiger partial charge in [-0.15, -0.1) is 0 Å². The van der Waals surface area contributed by atoms with Crippen LogP contribution >= 0.6 is 0 Å². The largest absolute Gasteiger partial charge is 0.356 e. The lowest BCUT2D eigenvalue weighted by atomic mass is 10.1. The zero-order chi connectivity index (χ0) is 17.2. The van der Waals surface area contributed by atoms with Crippen LogP contribution in [0.2, 0.25) is 0 Å². The minimum atomic E-state index is 0.757. The average Bonchev–Trinajstić information content (AvgIpc) is 2.59. The fourth-order valence-corrected chi connectivity index (χ4v) is 2.48. The summed E-state index contributed by atoms with van der Waals surface area (Å²) in [5.41, 5.74) is 3.70. The van der Waals surface area contributed by atoms with Crippen LogP contribution in [0.3, 0.4) is 0 Å². The van der Waals surface area contributed by atoms with Gasteiger partial charge in [-0.2, -0.15) is 0 Å². The van der Waals surface area contributed by atoms with E-state index in [9.17, 15) is 0 Å². The third kappa shape index (κ3) is 6.01. The van der Waals surface area contributed by atoms with Crippen molar-refractivity contribution in [3.8, 4) is 0 Å². The van der Waals surface area contributed by atoms with Gasteiger partial charge in [0.05, 0.1) is 0 Å². The maximum atomic E-state index is 4.33. The Kier molecular flexibility index (Phi) is 7.23. The number of nitrogens with zero attached hydrogens (tertiary/aromatic N) is 3. The molecule has 2 rings (SSSR count). The first kappa shape index (κ1) is 17.9. The Labute approximate surface area is 144 Å². The third-order valence-corrected chi connectivity index (χ3v) is 3.67. The van der Waals surface area contributed by atoms with Gasteiger partial charge in [-0.05, 0) is 37.4 Å². The summed E-state index contributed by atoms with van der Waals surface area (Å²) in [4.78, 5) is 10.8. The predicted octanol–water partition coefficient (Wildman–Crippen LogP) is 2.05. The summed E-state index contributed by atoms with van der Waals surface area (Å²) in [6, 6.07) is 14.5. The number of aromatic nitrogens is 1. The molecule has 0 unspecified atom stereocenters. The minimum absolute atomic E-state index is 0.757. The van der Waals surface area contributed by atoms with E-state index in [1.807, 2.05) is 24.4 Å². The smallest absolute Gasteiger partial charge is 0.191 e. The van der Waals surface area contributed by atoms with E-state index >= 15 is 0 Å². The highest BCUT2D eigenvalue weighted by Crippen LogP contribution is 2.10. The van der Waals surface area contributed by atoms with Gasteiger partial charge in [0.1, 0.15) is 0 Å². The second-order valence-corrected chi connectivity index (χ2v) is 5.93. The topological polar surface area (TPSA) is 52.6 Å². The maximum absolute atomic E-state index is 4.33. The lowest BCUT2D eigenvalue weighted by Gasteiger charge is -2.16. The molecule has 0 bridgehead atoms. The maximum Gasteiger partial charge on any atom is 0.191 e. The van der Waals surface area contributed by atoms with Crippen LogP contribution in [0.4, 0.5) is 0 Å². The quantitative estimate of drug-likeness (QED) is 0.604. The molecule has 2 N–H and O–H groups in total. The molecule has 0 aliphatic carbocycles. The molecule has 0 amide bonds. The van der Waals surface area contributed by atoms with Gasteiger partial charge in [-0.3, -0.25) is 9.98 Å². The van der Waals surface area contributed by atoms with E-state index in [0.717, 1.165) is 37.7 Å². The van der Waals surface area contributed by atoms with Crippen molar-refractivity contribution >= 4 is 5.96 Å². The molecule has 0 radical (unpaired) electrons. The van der Waals surface area contributed by atoms with Crippen molar-refractivity contribution in [3.63, 3.8) is 0 Å². The molecular formula is C19H27N5. The van der Waals surface area contributed by atoms with E-state index in [-0.39, 0.29) is 0 Å². The van der Waals surface area contributed by atoms with Gasteiger partial charge in [0.15, 0.2) is 5.96 Å². The Morgan fingerprint density at radius 3 is 2.46 bits per heavy atom. The highest BCUT2D eigenvalue weighted by atomic mass is 15.2. The minimum Gasteiger partial charge on any atom is -0.356 e. The third-order valence-electron chi connectivity index (χ3n) is 3.67. The van der Waals surface area contributed by atoms with E-state index in [1.54, 1.807) is 7.05 Å². The molecule has 2 aromatic rings. The van der Waals surface area contributed by atoms with Gasteiger partial charge >= 0.3 is 0 Å². The molecule has 0 aliphatic heterocycles. The van der Waals surface area contributed by atoms with E-state index in [1.165, 1.54) is 11.1 Å². The Hall–Kier alpha value is -2.40. The zero-order valence-electron chi connectivity index (χ0n) is 14.8. The van der Waals surface area contributed by atoms with Gasteiger partial charge in [-0.1, -0.05) is 30.3 Å². The van der Waals surface area contributed by atoms with Crippen molar-refractivity contribution in [1.29, 1.82) is 0 Å². The number of benzene rings is 1. The van der Waals surface area contributed by atoms with Crippen LogP contribution in [-0.2, 0) is 19.5 Å². The number of pyridine rings is 1. The van der Waals surface area contributed by atoms with E-state index in [4.69, 9.17) is 0 Å². The molecule has 1 aromatic carbocycles. The number of guanidine groups is 1. The summed E-state index contributed by atoms with van der Waals surface area (Å²) in [5.74, 6) is 0.811. The highest BCUT2D eigenvalue weighted by molar-refractivity contribution is 5.79. The molecule has 1 aromatic heterocycles. The Morgan fingerprint density at radius 1 is 1.04 bits per heavy atom. The number of aliphatic imine (C=N–C) groups is 1. The average molecular weight is 325 g/mol. The first-order valence-electron chi connectivity index (χ1n) is 8.25. The van der Waals surface area contributed by atoms with Crippen molar-refractivity contribution in [3.05, 3.63) is 65.5 Å². The molecule has 24 heavy (non-hydrogen) atoms. The number of hydrogen-bond donors (Lipinski definition) is 2. The summed E-state index contributed by atoms with van der Waals surface area (Å²) >= 11 is 0. The normalized spacial score (nSPS) is 11.6. The van der Waals surface area contributed by atoms with Crippen molar-refractivity contribution < 1.29 is 0 Å². The van der Waals surface area contributed by atoms with Crippen LogP contribution < -0.4 is 10.6 Å². The zero-order valence-corrected chi connectivity index (χ0v) is 14.8. The summed E-state index contributed by atoms with van der Waals surface area (Å²) in [7, 11) is 5.96.